The predicted molar refractivity (Wildman–Crippen MR) is 129 cm³/mol. The van der Waals surface area contributed by atoms with E-state index in [0.29, 0.717) is 62.1 Å². The van der Waals surface area contributed by atoms with Crippen molar-refractivity contribution in [1.82, 2.24) is 14.5 Å². The van der Waals surface area contributed by atoms with Crippen molar-refractivity contribution >= 4 is 26.7 Å². The van der Waals surface area contributed by atoms with Gasteiger partial charge in [-0.3, -0.25) is 9.69 Å². The highest BCUT2D eigenvalue weighted by molar-refractivity contribution is 7.89. The van der Waals surface area contributed by atoms with Crippen molar-refractivity contribution in [3.63, 3.8) is 0 Å². The second kappa shape index (κ2) is 10.3. The fourth-order valence-electron chi connectivity index (χ4n) is 4.11. The van der Waals surface area contributed by atoms with Gasteiger partial charge in [-0.1, -0.05) is 48.5 Å². The molecule has 1 aliphatic heterocycles. The van der Waals surface area contributed by atoms with Crippen LogP contribution in [-0.2, 0) is 10.0 Å². The smallest absolute Gasteiger partial charge is 0.255 e. The molecule has 0 aliphatic carbocycles. The fourth-order valence-corrected chi connectivity index (χ4v) is 5.56. The standard InChI is InChI=1S/C25H29N3O4S/c1-2-32-23-13-12-20-8-6-7-11-22(20)24(23)25(29)26-14-15-27-16-18-28(19-17-27)33(30,31)21-9-4-3-5-10-21/h3-13H,2,14-19H2,1H3,(H,26,29). The Labute approximate surface area is 195 Å². The van der Waals surface area contributed by atoms with Crippen molar-refractivity contribution in [2.45, 2.75) is 11.8 Å². The molecule has 0 unspecified atom stereocenters. The SMILES string of the molecule is CCOc1ccc2ccccc2c1C(=O)NCCN1CCN(S(=O)(=O)c2ccccc2)CC1. The molecule has 33 heavy (non-hydrogen) atoms. The summed E-state index contributed by atoms with van der Waals surface area (Å²) in [5.41, 5.74) is 0.550. The van der Waals surface area contributed by atoms with E-state index >= 15 is 0 Å². The number of benzene rings is 3. The third kappa shape index (κ3) is 5.19. The highest BCUT2D eigenvalue weighted by Crippen LogP contribution is 2.28. The molecule has 0 saturated carbocycles. The number of hydrogen-bond donors (Lipinski definition) is 1. The van der Waals surface area contributed by atoms with Gasteiger partial charge in [-0.2, -0.15) is 4.31 Å². The van der Waals surface area contributed by atoms with Crippen molar-refractivity contribution in [1.29, 1.82) is 0 Å². The minimum absolute atomic E-state index is 0.166. The van der Waals surface area contributed by atoms with Gasteiger partial charge in [0, 0.05) is 39.3 Å². The lowest BCUT2D eigenvalue weighted by atomic mass is 10.0. The van der Waals surface area contributed by atoms with Gasteiger partial charge in [0.2, 0.25) is 10.0 Å². The molecule has 0 bridgehead atoms. The van der Waals surface area contributed by atoms with E-state index in [1.165, 1.54) is 4.31 Å². The molecule has 0 atom stereocenters. The zero-order valence-electron chi connectivity index (χ0n) is 18.7. The maximum Gasteiger partial charge on any atom is 0.255 e. The summed E-state index contributed by atoms with van der Waals surface area (Å²) in [4.78, 5) is 15.5. The van der Waals surface area contributed by atoms with Crippen LogP contribution in [0.1, 0.15) is 17.3 Å². The zero-order valence-corrected chi connectivity index (χ0v) is 19.6. The Bertz CT molecular complexity index is 1210. The number of nitrogens with one attached hydrogen (secondary N) is 1. The average Bonchev–Trinajstić information content (AvgIpc) is 2.85. The number of ether oxygens (including phenoxy) is 1. The summed E-state index contributed by atoms with van der Waals surface area (Å²) in [5.74, 6) is 0.411. The predicted octanol–water partition coefficient (Wildman–Crippen LogP) is 2.97. The first-order valence-corrected chi connectivity index (χ1v) is 12.6. The number of nitrogens with zero attached hydrogens (tertiary/aromatic N) is 2. The molecule has 1 heterocycles. The van der Waals surface area contributed by atoms with E-state index in [2.05, 4.69) is 10.2 Å². The van der Waals surface area contributed by atoms with Crippen LogP contribution in [0, 0.1) is 0 Å². The minimum atomic E-state index is -3.46. The molecule has 1 fully saturated rings. The Kier molecular flexibility index (Phi) is 7.27. The first-order chi connectivity index (χ1) is 16.0. The van der Waals surface area contributed by atoms with Crippen molar-refractivity contribution in [2.75, 3.05) is 45.9 Å². The summed E-state index contributed by atoms with van der Waals surface area (Å²) in [5, 5.41) is 4.86. The molecule has 0 spiro atoms. The lowest BCUT2D eigenvalue weighted by Crippen LogP contribution is -2.50. The molecule has 1 amide bonds. The van der Waals surface area contributed by atoms with Crippen LogP contribution in [0.3, 0.4) is 0 Å². The number of carbonyl (C=O) groups is 1. The van der Waals surface area contributed by atoms with E-state index in [0.717, 1.165) is 10.8 Å². The molecule has 8 heteroatoms. The second-order valence-corrected chi connectivity index (χ2v) is 9.85. The van der Waals surface area contributed by atoms with E-state index in [1.807, 2.05) is 43.3 Å². The van der Waals surface area contributed by atoms with E-state index in [1.54, 1.807) is 30.3 Å². The van der Waals surface area contributed by atoms with Crippen LogP contribution in [0.5, 0.6) is 5.75 Å². The summed E-state index contributed by atoms with van der Waals surface area (Å²) in [7, 11) is -3.46. The van der Waals surface area contributed by atoms with Gasteiger partial charge in [-0.05, 0) is 35.9 Å². The molecule has 1 N–H and O–H groups in total. The average molecular weight is 468 g/mol. The summed E-state index contributed by atoms with van der Waals surface area (Å²) in [6, 6.07) is 20.1. The third-order valence-electron chi connectivity index (χ3n) is 5.84. The van der Waals surface area contributed by atoms with Gasteiger partial charge in [-0.15, -0.1) is 0 Å². The van der Waals surface area contributed by atoms with Crippen LogP contribution in [0.4, 0.5) is 0 Å². The van der Waals surface area contributed by atoms with Gasteiger partial charge in [-0.25, -0.2) is 8.42 Å². The number of fused-ring (bicyclic) bond motifs is 1. The van der Waals surface area contributed by atoms with Gasteiger partial charge >= 0.3 is 0 Å². The quantitative estimate of drug-likeness (QED) is 0.551. The topological polar surface area (TPSA) is 79.0 Å². The van der Waals surface area contributed by atoms with Crippen LogP contribution < -0.4 is 10.1 Å². The molecule has 1 saturated heterocycles. The highest BCUT2D eigenvalue weighted by atomic mass is 32.2. The largest absolute Gasteiger partial charge is 0.493 e. The minimum Gasteiger partial charge on any atom is -0.493 e. The van der Waals surface area contributed by atoms with E-state index in [4.69, 9.17) is 4.74 Å². The Balaban J connectivity index is 1.34. The van der Waals surface area contributed by atoms with Crippen LogP contribution in [-0.4, -0.2) is 69.4 Å². The number of piperazine rings is 1. The van der Waals surface area contributed by atoms with Gasteiger partial charge < -0.3 is 10.1 Å². The third-order valence-corrected chi connectivity index (χ3v) is 7.76. The summed E-state index contributed by atoms with van der Waals surface area (Å²) in [6.45, 7) is 5.62. The van der Waals surface area contributed by atoms with Crippen molar-refractivity contribution in [2.24, 2.45) is 0 Å². The Morgan fingerprint density at radius 3 is 2.36 bits per heavy atom. The summed E-state index contributed by atoms with van der Waals surface area (Å²) >= 11 is 0. The van der Waals surface area contributed by atoms with Crippen LogP contribution in [0.15, 0.2) is 71.6 Å². The molecular weight excluding hydrogens is 438 g/mol. The van der Waals surface area contributed by atoms with E-state index in [-0.39, 0.29) is 5.91 Å². The van der Waals surface area contributed by atoms with Crippen LogP contribution in [0.25, 0.3) is 10.8 Å². The van der Waals surface area contributed by atoms with Crippen molar-refractivity contribution < 1.29 is 17.9 Å². The van der Waals surface area contributed by atoms with E-state index in [9.17, 15) is 13.2 Å². The number of sulfonamides is 1. The number of carbonyl (C=O) groups excluding carboxylic acids is 1. The Morgan fingerprint density at radius 2 is 1.64 bits per heavy atom. The molecule has 0 aromatic heterocycles. The molecule has 1 aliphatic rings. The monoisotopic (exact) mass is 467 g/mol. The van der Waals surface area contributed by atoms with Gasteiger partial charge in [0.25, 0.3) is 5.91 Å². The molecule has 174 valence electrons. The maximum atomic E-state index is 13.0. The number of hydrogen-bond acceptors (Lipinski definition) is 5. The Hall–Kier alpha value is -2.94. The zero-order chi connectivity index (χ0) is 23.3. The second-order valence-electron chi connectivity index (χ2n) is 7.91. The Morgan fingerprint density at radius 1 is 0.939 bits per heavy atom. The molecule has 4 rings (SSSR count). The van der Waals surface area contributed by atoms with Crippen molar-refractivity contribution in [3.05, 3.63) is 72.3 Å². The van der Waals surface area contributed by atoms with Crippen LogP contribution in [0.2, 0.25) is 0 Å². The van der Waals surface area contributed by atoms with Gasteiger partial charge in [0.05, 0.1) is 17.1 Å². The fraction of sp³-hybridized carbons (Fsp3) is 0.320. The first-order valence-electron chi connectivity index (χ1n) is 11.2. The number of amides is 1. The summed E-state index contributed by atoms with van der Waals surface area (Å²) in [6.07, 6.45) is 0. The molecular formula is C25H29N3O4S. The highest BCUT2D eigenvalue weighted by Gasteiger charge is 2.28. The molecule has 3 aromatic rings. The van der Waals surface area contributed by atoms with Crippen molar-refractivity contribution in [3.8, 4) is 5.75 Å². The van der Waals surface area contributed by atoms with Crippen LogP contribution >= 0.6 is 0 Å². The summed E-state index contributed by atoms with van der Waals surface area (Å²) < 4.78 is 32.8. The first kappa shape index (κ1) is 23.2. The molecule has 3 aromatic carbocycles. The van der Waals surface area contributed by atoms with Gasteiger partial charge in [0.15, 0.2) is 0 Å². The molecule has 7 nitrogen and oxygen atoms in total. The number of rotatable bonds is 8. The normalized spacial score (nSPS) is 15.4. The van der Waals surface area contributed by atoms with E-state index < -0.39 is 10.0 Å². The maximum absolute atomic E-state index is 13.0. The lowest BCUT2D eigenvalue weighted by Gasteiger charge is -2.34. The molecule has 0 radical (unpaired) electrons. The lowest BCUT2D eigenvalue weighted by molar-refractivity contribution is 0.0943. The van der Waals surface area contributed by atoms with Gasteiger partial charge in [0.1, 0.15) is 5.75 Å².